The first-order chi connectivity index (χ1) is 7.16. The van der Waals surface area contributed by atoms with Crippen LogP contribution in [-0.4, -0.2) is 22.9 Å². The second-order valence-electron chi connectivity index (χ2n) is 2.68. The highest BCUT2D eigenvalue weighted by atomic mass is 16.4. The van der Waals surface area contributed by atoms with Crippen LogP contribution >= 0.6 is 0 Å². The van der Waals surface area contributed by atoms with Crippen LogP contribution in [0.15, 0.2) is 35.4 Å². The molecule has 0 heterocycles. The lowest BCUT2D eigenvalue weighted by Gasteiger charge is -2.03. The van der Waals surface area contributed by atoms with E-state index in [1.807, 2.05) is 0 Å². The molecule has 0 radical (unpaired) electrons. The zero-order valence-electron chi connectivity index (χ0n) is 7.57. The van der Waals surface area contributed by atoms with Crippen LogP contribution in [0.5, 0.6) is 0 Å². The van der Waals surface area contributed by atoms with Crippen molar-refractivity contribution < 1.29 is 14.7 Å². The summed E-state index contributed by atoms with van der Waals surface area (Å²) in [7, 11) is 0. The average Bonchev–Trinajstić information content (AvgIpc) is 2.26. The predicted molar refractivity (Wildman–Crippen MR) is 51.3 cm³/mol. The molecular formula is C9H7N3O3. The minimum atomic E-state index is -1.70. The molecule has 0 saturated carbocycles. The van der Waals surface area contributed by atoms with Gasteiger partial charge in [0.1, 0.15) is 0 Å². The van der Waals surface area contributed by atoms with E-state index < -0.39 is 17.8 Å². The van der Waals surface area contributed by atoms with Crippen molar-refractivity contribution in [2.24, 2.45) is 5.11 Å². The predicted octanol–water partition coefficient (Wildman–Crippen LogP) is 1.63. The fourth-order valence-electron chi connectivity index (χ4n) is 1.03. The summed E-state index contributed by atoms with van der Waals surface area (Å²) in [5.41, 5.74) is 8.33. The van der Waals surface area contributed by atoms with Gasteiger partial charge in [0.2, 0.25) is 0 Å². The fourth-order valence-corrected chi connectivity index (χ4v) is 1.03. The number of carboxylic acids is 1. The summed E-state index contributed by atoms with van der Waals surface area (Å²) in [4.78, 5) is 24.5. The molecule has 0 amide bonds. The van der Waals surface area contributed by atoms with Gasteiger partial charge < -0.3 is 5.11 Å². The van der Waals surface area contributed by atoms with E-state index in [1.54, 1.807) is 18.2 Å². The first-order valence-electron chi connectivity index (χ1n) is 4.03. The minimum absolute atomic E-state index is 0.206. The van der Waals surface area contributed by atoms with Gasteiger partial charge in [0.15, 0.2) is 11.8 Å². The molecule has 1 unspecified atom stereocenters. The normalized spacial score (nSPS) is 11.2. The molecular weight excluding hydrogens is 198 g/mol. The molecule has 1 N–H and O–H groups in total. The Balaban J connectivity index is 3.01. The highest BCUT2D eigenvalue weighted by molar-refractivity contribution is 6.11. The number of carboxylic acid groups (broad SMARTS) is 1. The molecule has 1 rings (SSSR count). The number of hydrogen-bond donors (Lipinski definition) is 1. The van der Waals surface area contributed by atoms with Crippen molar-refractivity contribution in [2.45, 2.75) is 6.04 Å². The monoisotopic (exact) mass is 205 g/mol. The highest BCUT2D eigenvalue weighted by Crippen LogP contribution is 2.06. The summed E-state index contributed by atoms with van der Waals surface area (Å²) in [5.74, 6) is -2.18. The lowest BCUT2D eigenvalue weighted by molar-refractivity contribution is -0.137. The van der Waals surface area contributed by atoms with Crippen molar-refractivity contribution in [3.05, 3.63) is 46.3 Å². The number of nitrogens with zero attached hydrogens (tertiary/aromatic N) is 3. The van der Waals surface area contributed by atoms with E-state index in [-0.39, 0.29) is 5.56 Å². The molecule has 1 aromatic rings. The van der Waals surface area contributed by atoms with Gasteiger partial charge in [-0.25, -0.2) is 0 Å². The Kier molecular flexibility index (Phi) is 3.43. The number of carbonyl (C=O) groups is 2. The number of hydrogen-bond acceptors (Lipinski definition) is 3. The zero-order chi connectivity index (χ0) is 11.3. The van der Waals surface area contributed by atoms with E-state index in [2.05, 4.69) is 10.0 Å². The number of rotatable bonds is 4. The van der Waals surface area contributed by atoms with Gasteiger partial charge in [-0.15, -0.1) is 0 Å². The maximum Gasteiger partial charge on any atom is 0.320 e. The van der Waals surface area contributed by atoms with E-state index >= 15 is 0 Å². The average molecular weight is 205 g/mol. The molecule has 0 aliphatic heterocycles. The molecule has 0 bridgehead atoms. The first kappa shape index (κ1) is 10.7. The Morgan fingerprint density at radius 1 is 1.33 bits per heavy atom. The van der Waals surface area contributed by atoms with Crippen LogP contribution in [0.25, 0.3) is 10.4 Å². The summed E-state index contributed by atoms with van der Waals surface area (Å²) in [6, 6.07) is 6.12. The maximum atomic E-state index is 11.5. The third kappa shape index (κ3) is 2.55. The quantitative estimate of drug-likeness (QED) is 0.265. The number of Topliss-reactive ketones (excluding diaryl/α,β-unsaturated/α-hetero) is 1. The lowest BCUT2D eigenvalue weighted by Crippen LogP contribution is -2.27. The largest absolute Gasteiger partial charge is 0.481 e. The number of benzene rings is 1. The van der Waals surface area contributed by atoms with E-state index in [1.165, 1.54) is 12.1 Å². The molecule has 0 aliphatic rings. The van der Waals surface area contributed by atoms with Crippen molar-refractivity contribution in [1.29, 1.82) is 0 Å². The number of carbonyl (C=O) groups excluding carboxylic acids is 1. The second kappa shape index (κ2) is 4.78. The van der Waals surface area contributed by atoms with Crippen molar-refractivity contribution in [3.63, 3.8) is 0 Å². The molecule has 0 aromatic heterocycles. The molecule has 0 saturated heterocycles. The Morgan fingerprint density at radius 2 is 1.93 bits per heavy atom. The van der Waals surface area contributed by atoms with Crippen LogP contribution in [0.2, 0.25) is 0 Å². The van der Waals surface area contributed by atoms with Crippen molar-refractivity contribution in [2.75, 3.05) is 0 Å². The Labute approximate surface area is 84.8 Å². The minimum Gasteiger partial charge on any atom is -0.481 e. The summed E-state index contributed by atoms with van der Waals surface area (Å²) in [6.45, 7) is 0. The van der Waals surface area contributed by atoms with E-state index in [0.717, 1.165) is 0 Å². The van der Waals surface area contributed by atoms with Gasteiger partial charge in [-0.2, -0.15) is 0 Å². The lowest BCUT2D eigenvalue weighted by atomic mass is 10.1. The number of ketones is 1. The standard InChI is InChI=1S/C9H7N3O3/c10-12-11-7(9(14)15)8(13)6-4-2-1-3-5-6/h1-5,7H,(H,14,15). The van der Waals surface area contributed by atoms with Crippen molar-refractivity contribution >= 4 is 11.8 Å². The summed E-state index contributed by atoms with van der Waals surface area (Å²) in [5, 5.41) is 11.6. The maximum absolute atomic E-state index is 11.5. The Hall–Kier alpha value is -2.33. The van der Waals surface area contributed by atoms with Gasteiger partial charge in [-0.3, -0.25) is 9.59 Å². The van der Waals surface area contributed by atoms with Crippen LogP contribution in [0.3, 0.4) is 0 Å². The zero-order valence-corrected chi connectivity index (χ0v) is 7.57. The van der Waals surface area contributed by atoms with Gasteiger partial charge in [0, 0.05) is 10.5 Å². The summed E-state index contributed by atoms with van der Waals surface area (Å²) in [6.07, 6.45) is 0. The second-order valence-corrected chi connectivity index (χ2v) is 2.68. The Morgan fingerprint density at radius 3 is 2.40 bits per heavy atom. The summed E-state index contributed by atoms with van der Waals surface area (Å²) >= 11 is 0. The molecule has 1 atom stereocenters. The molecule has 76 valence electrons. The van der Waals surface area contributed by atoms with E-state index in [9.17, 15) is 9.59 Å². The first-order valence-corrected chi connectivity index (χ1v) is 4.03. The van der Waals surface area contributed by atoms with Gasteiger partial charge >= 0.3 is 5.97 Å². The van der Waals surface area contributed by atoms with Crippen molar-refractivity contribution in [1.82, 2.24) is 0 Å². The van der Waals surface area contributed by atoms with Crippen molar-refractivity contribution in [3.8, 4) is 0 Å². The van der Waals surface area contributed by atoms with E-state index in [0.29, 0.717) is 0 Å². The number of aliphatic carboxylic acids is 1. The molecule has 1 aromatic carbocycles. The highest BCUT2D eigenvalue weighted by Gasteiger charge is 2.25. The van der Waals surface area contributed by atoms with Gasteiger partial charge in [-0.05, 0) is 5.53 Å². The van der Waals surface area contributed by atoms with Crippen LogP contribution < -0.4 is 0 Å². The Bertz CT molecular complexity index is 421. The topological polar surface area (TPSA) is 103 Å². The molecule has 0 aliphatic carbocycles. The van der Waals surface area contributed by atoms with Gasteiger partial charge in [-0.1, -0.05) is 35.4 Å². The third-order valence-electron chi connectivity index (χ3n) is 1.71. The molecule has 15 heavy (non-hydrogen) atoms. The van der Waals surface area contributed by atoms with Gasteiger partial charge in [0.05, 0.1) is 0 Å². The number of azide groups is 1. The van der Waals surface area contributed by atoms with Crippen LogP contribution in [-0.2, 0) is 4.79 Å². The molecule has 0 fully saturated rings. The SMILES string of the molecule is [N-]=[N+]=NC(C(=O)O)C(=O)c1ccccc1. The fraction of sp³-hybridized carbons (Fsp3) is 0.111. The molecule has 6 nitrogen and oxygen atoms in total. The van der Waals surface area contributed by atoms with Crippen LogP contribution in [0.1, 0.15) is 10.4 Å². The smallest absolute Gasteiger partial charge is 0.320 e. The molecule has 6 heteroatoms. The third-order valence-corrected chi connectivity index (χ3v) is 1.71. The van der Waals surface area contributed by atoms with Crippen LogP contribution in [0.4, 0.5) is 0 Å². The van der Waals surface area contributed by atoms with E-state index in [4.69, 9.17) is 10.6 Å². The van der Waals surface area contributed by atoms with Crippen LogP contribution in [0, 0.1) is 0 Å². The summed E-state index contributed by atoms with van der Waals surface area (Å²) < 4.78 is 0. The van der Waals surface area contributed by atoms with Gasteiger partial charge in [0.25, 0.3) is 0 Å². The molecule has 0 spiro atoms.